The minimum atomic E-state index is -0.0440. The largest absolute Gasteiger partial charge is 0.370 e. The zero-order chi connectivity index (χ0) is 13.7. The van der Waals surface area contributed by atoms with E-state index in [4.69, 9.17) is 11.1 Å². The Morgan fingerprint density at radius 3 is 3.00 bits per heavy atom. The number of carbonyl (C=O) groups excluding carboxylic acids is 1. The summed E-state index contributed by atoms with van der Waals surface area (Å²) in [6.45, 7) is 0.596. The maximum atomic E-state index is 11.9. The summed E-state index contributed by atoms with van der Waals surface area (Å²) in [5.74, 6) is -0.0819. The molecule has 2 aromatic rings. The second-order valence-electron chi connectivity index (χ2n) is 4.04. The highest BCUT2D eigenvalue weighted by atomic mass is 32.1. The minimum Gasteiger partial charge on any atom is -0.370 e. The van der Waals surface area contributed by atoms with E-state index in [1.807, 2.05) is 24.3 Å². The Balaban J connectivity index is 1.84. The second-order valence-corrected chi connectivity index (χ2v) is 5.07. The Kier molecular flexibility index (Phi) is 4.46. The van der Waals surface area contributed by atoms with Gasteiger partial charge in [0.1, 0.15) is 0 Å². The first-order chi connectivity index (χ1) is 9.16. The van der Waals surface area contributed by atoms with E-state index in [-0.39, 0.29) is 11.7 Å². The SMILES string of the molecule is N=C(N)NCCC[CH]C(=O)c1nc2ccccc2s1. The molecular weight excluding hydrogens is 260 g/mol. The molecular formula is C13H15N4OS. The average Bonchev–Trinajstić information content (AvgIpc) is 2.81. The lowest BCUT2D eigenvalue weighted by atomic mass is 10.2. The molecule has 19 heavy (non-hydrogen) atoms. The summed E-state index contributed by atoms with van der Waals surface area (Å²) in [5, 5.41) is 10.2. The van der Waals surface area contributed by atoms with Crippen LogP contribution in [-0.4, -0.2) is 23.3 Å². The Hall–Kier alpha value is -1.95. The highest BCUT2D eigenvalue weighted by molar-refractivity contribution is 7.20. The van der Waals surface area contributed by atoms with Crippen LogP contribution in [0.5, 0.6) is 0 Å². The predicted octanol–water partition coefficient (Wildman–Crippen LogP) is 1.95. The lowest BCUT2D eigenvalue weighted by molar-refractivity contribution is 0.102. The Labute approximate surface area is 115 Å². The third kappa shape index (κ3) is 3.75. The number of ketones is 1. The molecule has 1 radical (unpaired) electrons. The number of fused-ring (bicyclic) bond motifs is 1. The second kappa shape index (κ2) is 6.29. The van der Waals surface area contributed by atoms with Crippen molar-refractivity contribution in [2.24, 2.45) is 5.73 Å². The molecule has 1 heterocycles. The third-order valence-electron chi connectivity index (χ3n) is 2.53. The molecule has 0 fully saturated rings. The molecule has 0 aliphatic rings. The van der Waals surface area contributed by atoms with Crippen molar-refractivity contribution in [3.63, 3.8) is 0 Å². The zero-order valence-electron chi connectivity index (χ0n) is 10.3. The van der Waals surface area contributed by atoms with Gasteiger partial charge in [-0.3, -0.25) is 10.2 Å². The first-order valence-corrected chi connectivity index (χ1v) is 6.79. The fourth-order valence-corrected chi connectivity index (χ4v) is 2.52. The van der Waals surface area contributed by atoms with Gasteiger partial charge in [-0.15, -0.1) is 11.3 Å². The van der Waals surface area contributed by atoms with Crippen LogP contribution in [0.3, 0.4) is 0 Å². The standard InChI is InChI=1S/C13H15N4OS/c14-13(15)16-8-4-3-6-10(18)12-17-9-5-1-2-7-11(9)19-12/h1-2,5-7H,3-4,8H2,(H4,14,15,16). The van der Waals surface area contributed by atoms with Crippen molar-refractivity contribution >= 4 is 33.3 Å². The van der Waals surface area contributed by atoms with Crippen LogP contribution in [0.15, 0.2) is 24.3 Å². The predicted molar refractivity (Wildman–Crippen MR) is 77.4 cm³/mol. The molecule has 0 atom stereocenters. The van der Waals surface area contributed by atoms with Crippen LogP contribution in [0.1, 0.15) is 22.6 Å². The maximum Gasteiger partial charge on any atom is 0.195 e. The minimum absolute atomic E-state index is 0.0379. The number of para-hydroxylation sites is 1. The maximum absolute atomic E-state index is 11.9. The van der Waals surface area contributed by atoms with E-state index in [9.17, 15) is 4.79 Å². The summed E-state index contributed by atoms with van der Waals surface area (Å²) in [6.07, 6.45) is 3.05. The van der Waals surface area contributed by atoms with Crippen molar-refractivity contribution in [1.29, 1.82) is 5.41 Å². The number of nitrogens with one attached hydrogen (secondary N) is 2. The summed E-state index contributed by atoms with van der Waals surface area (Å²) >= 11 is 1.41. The van der Waals surface area contributed by atoms with Crippen molar-refractivity contribution in [2.45, 2.75) is 12.8 Å². The number of hydrogen-bond acceptors (Lipinski definition) is 4. The number of thiazole rings is 1. The molecule has 0 aliphatic heterocycles. The number of unbranched alkanes of at least 4 members (excludes halogenated alkanes) is 1. The molecule has 1 aromatic carbocycles. The van der Waals surface area contributed by atoms with Crippen molar-refractivity contribution < 1.29 is 4.79 Å². The number of nitrogens with two attached hydrogens (primary N) is 1. The molecule has 0 aliphatic carbocycles. The van der Waals surface area contributed by atoms with E-state index >= 15 is 0 Å². The fourth-order valence-electron chi connectivity index (χ4n) is 1.62. The van der Waals surface area contributed by atoms with Gasteiger partial charge in [0, 0.05) is 13.0 Å². The lowest BCUT2D eigenvalue weighted by Crippen LogP contribution is -2.30. The smallest absolute Gasteiger partial charge is 0.195 e. The normalized spacial score (nSPS) is 10.5. The van der Waals surface area contributed by atoms with Gasteiger partial charge in [-0.1, -0.05) is 12.1 Å². The molecule has 1 aromatic heterocycles. The Bertz CT molecular complexity index is 560. The van der Waals surface area contributed by atoms with Gasteiger partial charge in [0.25, 0.3) is 0 Å². The van der Waals surface area contributed by atoms with Gasteiger partial charge in [0.2, 0.25) is 0 Å². The molecule has 0 bridgehead atoms. The molecule has 0 saturated heterocycles. The highest BCUT2D eigenvalue weighted by Gasteiger charge is 2.11. The highest BCUT2D eigenvalue weighted by Crippen LogP contribution is 2.22. The van der Waals surface area contributed by atoms with Crippen LogP contribution in [0.4, 0.5) is 0 Å². The zero-order valence-corrected chi connectivity index (χ0v) is 11.2. The first-order valence-electron chi connectivity index (χ1n) is 5.98. The number of guanidine groups is 1. The van der Waals surface area contributed by atoms with Crippen LogP contribution < -0.4 is 11.1 Å². The van der Waals surface area contributed by atoms with Crippen molar-refractivity contribution in [3.05, 3.63) is 35.7 Å². The van der Waals surface area contributed by atoms with Crippen molar-refractivity contribution in [3.8, 4) is 0 Å². The van der Waals surface area contributed by atoms with E-state index in [2.05, 4.69) is 10.3 Å². The van der Waals surface area contributed by atoms with E-state index in [0.29, 0.717) is 18.0 Å². The van der Waals surface area contributed by atoms with Crippen molar-refractivity contribution in [1.82, 2.24) is 10.3 Å². The van der Waals surface area contributed by atoms with Gasteiger partial charge in [-0.25, -0.2) is 4.98 Å². The number of aromatic nitrogens is 1. The third-order valence-corrected chi connectivity index (χ3v) is 3.58. The molecule has 6 heteroatoms. The van der Waals surface area contributed by atoms with E-state index < -0.39 is 0 Å². The van der Waals surface area contributed by atoms with Gasteiger partial charge >= 0.3 is 0 Å². The van der Waals surface area contributed by atoms with E-state index in [1.165, 1.54) is 11.3 Å². The topological polar surface area (TPSA) is 91.9 Å². The van der Waals surface area contributed by atoms with Gasteiger partial charge in [-0.05, 0) is 25.0 Å². The molecule has 0 unspecified atom stereocenters. The number of carbonyl (C=O) groups is 1. The lowest BCUT2D eigenvalue weighted by Gasteiger charge is -2.01. The summed E-state index contributed by atoms with van der Waals surface area (Å²) in [7, 11) is 0. The number of nitrogens with zero attached hydrogens (tertiary/aromatic N) is 1. The van der Waals surface area contributed by atoms with Crippen LogP contribution >= 0.6 is 11.3 Å². The molecule has 2 rings (SSSR count). The van der Waals surface area contributed by atoms with E-state index in [1.54, 1.807) is 6.42 Å². The molecule has 4 N–H and O–H groups in total. The number of hydrogen-bond donors (Lipinski definition) is 3. The van der Waals surface area contributed by atoms with Crippen LogP contribution in [0.2, 0.25) is 0 Å². The first kappa shape index (κ1) is 13.5. The van der Waals surface area contributed by atoms with Crippen LogP contribution in [-0.2, 0) is 0 Å². The Morgan fingerprint density at radius 1 is 1.47 bits per heavy atom. The monoisotopic (exact) mass is 275 g/mol. The summed E-state index contributed by atoms with van der Waals surface area (Å²) in [4.78, 5) is 16.2. The quantitative estimate of drug-likeness (QED) is 0.325. The van der Waals surface area contributed by atoms with Crippen molar-refractivity contribution in [2.75, 3.05) is 6.54 Å². The summed E-state index contributed by atoms with van der Waals surface area (Å²) < 4.78 is 1.03. The number of benzene rings is 1. The van der Waals surface area contributed by atoms with Gasteiger partial charge in [-0.2, -0.15) is 0 Å². The van der Waals surface area contributed by atoms with Gasteiger partial charge in [0.15, 0.2) is 16.8 Å². The van der Waals surface area contributed by atoms with Gasteiger partial charge < -0.3 is 11.1 Å². The van der Waals surface area contributed by atoms with Gasteiger partial charge in [0.05, 0.1) is 10.2 Å². The molecule has 0 amide bonds. The molecule has 99 valence electrons. The molecule has 0 spiro atoms. The average molecular weight is 275 g/mol. The van der Waals surface area contributed by atoms with E-state index in [0.717, 1.165) is 16.6 Å². The number of Topliss-reactive ketones (excluding diaryl/α,β-unsaturated/α-hetero) is 1. The number of rotatable bonds is 6. The van der Waals surface area contributed by atoms with Crippen LogP contribution in [0, 0.1) is 11.8 Å². The Morgan fingerprint density at radius 2 is 2.26 bits per heavy atom. The summed E-state index contributed by atoms with van der Waals surface area (Å²) in [6, 6.07) is 7.71. The molecule has 0 saturated carbocycles. The van der Waals surface area contributed by atoms with Crippen LogP contribution in [0.25, 0.3) is 10.2 Å². The fraction of sp³-hybridized carbons (Fsp3) is 0.231. The summed E-state index contributed by atoms with van der Waals surface area (Å²) in [5.41, 5.74) is 6.02. The molecule has 5 nitrogen and oxygen atoms in total.